The van der Waals surface area contributed by atoms with E-state index in [4.69, 9.17) is 9.47 Å². The van der Waals surface area contributed by atoms with Gasteiger partial charge in [-0.3, -0.25) is 4.79 Å². The number of ether oxygens (including phenoxy) is 3. The van der Waals surface area contributed by atoms with Gasteiger partial charge in [-0.25, -0.2) is 4.79 Å². The minimum absolute atomic E-state index is 0.0702. The molecule has 3 atom stereocenters. The number of methoxy groups -OCH3 is 1. The predicted octanol–water partition coefficient (Wildman–Crippen LogP) is 3.94. The molecule has 1 aliphatic heterocycles. The Balaban J connectivity index is 1.84. The van der Waals surface area contributed by atoms with Crippen molar-refractivity contribution in [2.45, 2.75) is 51.1 Å². The summed E-state index contributed by atoms with van der Waals surface area (Å²) in [4.78, 5) is 23.7. The molecule has 0 saturated carbocycles. The van der Waals surface area contributed by atoms with E-state index in [1.54, 1.807) is 0 Å². The van der Waals surface area contributed by atoms with Gasteiger partial charge in [-0.2, -0.15) is 0 Å². The van der Waals surface area contributed by atoms with E-state index in [1.807, 2.05) is 49.4 Å². The molecule has 0 spiro atoms. The number of ketones is 1. The van der Waals surface area contributed by atoms with Crippen LogP contribution in [0.1, 0.15) is 44.3 Å². The smallest absolute Gasteiger partial charge is 0.374 e. The normalized spacial score (nSPS) is 21.3. The first-order valence-electron chi connectivity index (χ1n) is 8.97. The van der Waals surface area contributed by atoms with Gasteiger partial charge in [0.15, 0.2) is 6.29 Å². The summed E-state index contributed by atoms with van der Waals surface area (Å²) in [6, 6.07) is 13.9. The highest BCUT2D eigenvalue weighted by Gasteiger charge is 2.28. The van der Waals surface area contributed by atoms with Crippen LogP contribution in [0.15, 0.2) is 42.5 Å². The molecule has 1 aliphatic rings. The number of fused-ring (bicyclic) bond motifs is 1. The number of rotatable bonds is 6. The number of benzene rings is 2. The number of esters is 1. The summed E-state index contributed by atoms with van der Waals surface area (Å²) in [5, 5.41) is 2.17. The van der Waals surface area contributed by atoms with Crippen LogP contribution in [0.2, 0.25) is 0 Å². The highest BCUT2D eigenvalue weighted by molar-refractivity contribution is 6.33. The summed E-state index contributed by atoms with van der Waals surface area (Å²) in [6.45, 7) is 2.01. The number of carbonyl (C=O) groups excluding carboxylic acids is 2. The Labute approximate surface area is 153 Å². The lowest BCUT2D eigenvalue weighted by Gasteiger charge is -2.31. The maximum atomic E-state index is 12.1. The molecule has 1 fully saturated rings. The zero-order valence-electron chi connectivity index (χ0n) is 15.1. The van der Waals surface area contributed by atoms with Crippen LogP contribution in [0.25, 0.3) is 10.8 Å². The van der Waals surface area contributed by atoms with Gasteiger partial charge < -0.3 is 14.2 Å². The summed E-state index contributed by atoms with van der Waals surface area (Å²) in [5.74, 6) is -1.45. The second kappa shape index (κ2) is 8.43. The standard InChI is InChI=1S/C21H24O5/c1-14-6-5-9-20(25-14)26-19(13-18(22)21(23)24-2)17-11-10-15-7-3-4-8-16(15)12-17/h3-4,7-8,10-12,14,19-20H,5-6,9,13H2,1-2H3/t14-,19-,20+/m0/s1. The molecule has 5 nitrogen and oxygen atoms in total. The summed E-state index contributed by atoms with van der Waals surface area (Å²) in [7, 11) is 1.21. The quantitative estimate of drug-likeness (QED) is 0.579. The van der Waals surface area contributed by atoms with E-state index in [9.17, 15) is 9.59 Å². The van der Waals surface area contributed by atoms with E-state index in [0.29, 0.717) is 0 Å². The number of carbonyl (C=O) groups is 2. The molecule has 0 radical (unpaired) electrons. The van der Waals surface area contributed by atoms with Crippen LogP contribution >= 0.6 is 0 Å². The summed E-state index contributed by atoms with van der Waals surface area (Å²) in [6.07, 6.45) is 1.92. The van der Waals surface area contributed by atoms with Crippen molar-refractivity contribution in [3.63, 3.8) is 0 Å². The first-order valence-corrected chi connectivity index (χ1v) is 8.97. The lowest BCUT2D eigenvalue weighted by Crippen LogP contribution is -2.30. The van der Waals surface area contributed by atoms with Gasteiger partial charge in [0, 0.05) is 6.42 Å². The molecule has 0 aromatic heterocycles. The molecule has 0 unspecified atom stereocenters. The van der Waals surface area contributed by atoms with Crippen LogP contribution in [0.5, 0.6) is 0 Å². The Bertz CT molecular complexity index is 785. The molecule has 2 aromatic rings. The van der Waals surface area contributed by atoms with Crippen molar-refractivity contribution < 1.29 is 23.8 Å². The van der Waals surface area contributed by atoms with Crippen molar-refractivity contribution in [1.29, 1.82) is 0 Å². The Morgan fingerprint density at radius 3 is 2.65 bits per heavy atom. The Hall–Kier alpha value is -2.24. The third-order valence-electron chi connectivity index (χ3n) is 4.68. The molecule has 1 heterocycles. The van der Waals surface area contributed by atoms with Crippen molar-refractivity contribution in [2.24, 2.45) is 0 Å². The summed E-state index contributed by atoms with van der Waals surface area (Å²) in [5.41, 5.74) is 0.850. The maximum absolute atomic E-state index is 12.1. The average Bonchev–Trinajstić information content (AvgIpc) is 2.66. The topological polar surface area (TPSA) is 61.8 Å². The molecule has 0 N–H and O–H groups in total. The lowest BCUT2D eigenvalue weighted by molar-refractivity contribution is -0.213. The van der Waals surface area contributed by atoms with Crippen LogP contribution in [0, 0.1) is 0 Å². The van der Waals surface area contributed by atoms with Crippen LogP contribution in [0.3, 0.4) is 0 Å². The molecule has 5 heteroatoms. The minimum Gasteiger partial charge on any atom is -0.463 e. The van der Waals surface area contributed by atoms with Crippen molar-refractivity contribution in [1.82, 2.24) is 0 Å². The maximum Gasteiger partial charge on any atom is 0.374 e. The predicted molar refractivity (Wildman–Crippen MR) is 97.6 cm³/mol. The first-order chi connectivity index (χ1) is 12.6. The monoisotopic (exact) mass is 356 g/mol. The fourth-order valence-electron chi connectivity index (χ4n) is 3.27. The third-order valence-corrected chi connectivity index (χ3v) is 4.68. The second-order valence-corrected chi connectivity index (χ2v) is 6.66. The fourth-order valence-corrected chi connectivity index (χ4v) is 3.27. The van der Waals surface area contributed by atoms with Crippen molar-refractivity contribution in [3.05, 3.63) is 48.0 Å². The van der Waals surface area contributed by atoms with E-state index in [1.165, 1.54) is 7.11 Å². The summed E-state index contributed by atoms with van der Waals surface area (Å²) >= 11 is 0. The zero-order chi connectivity index (χ0) is 18.5. The molecule has 0 bridgehead atoms. The van der Waals surface area contributed by atoms with Crippen molar-refractivity contribution in [3.8, 4) is 0 Å². The van der Waals surface area contributed by atoms with Crippen molar-refractivity contribution in [2.75, 3.05) is 7.11 Å². The van der Waals surface area contributed by atoms with Gasteiger partial charge in [0.1, 0.15) is 0 Å². The van der Waals surface area contributed by atoms with Crippen LogP contribution in [-0.4, -0.2) is 31.3 Å². The first kappa shape index (κ1) is 18.5. The molecule has 138 valence electrons. The minimum atomic E-state index is -0.850. The summed E-state index contributed by atoms with van der Waals surface area (Å²) < 4.78 is 16.5. The van der Waals surface area contributed by atoms with Gasteiger partial charge in [-0.15, -0.1) is 0 Å². The lowest BCUT2D eigenvalue weighted by atomic mass is 10.00. The molecule has 3 rings (SSSR count). The van der Waals surface area contributed by atoms with Gasteiger partial charge in [0.05, 0.1) is 19.3 Å². The van der Waals surface area contributed by atoms with E-state index in [0.717, 1.165) is 35.6 Å². The van der Waals surface area contributed by atoms with Gasteiger partial charge in [0.25, 0.3) is 0 Å². The van der Waals surface area contributed by atoms with Crippen LogP contribution in [0.4, 0.5) is 0 Å². The number of Topliss-reactive ketones (excluding diaryl/α,β-unsaturated/α-hetero) is 1. The van der Waals surface area contributed by atoms with E-state index >= 15 is 0 Å². The van der Waals surface area contributed by atoms with E-state index < -0.39 is 17.9 Å². The fraction of sp³-hybridized carbons (Fsp3) is 0.429. The molecule has 26 heavy (non-hydrogen) atoms. The van der Waals surface area contributed by atoms with E-state index in [2.05, 4.69) is 4.74 Å². The Kier molecular flexibility index (Phi) is 6.01. The molecule has 0 aliphatic carbocycles. The highest BCUT2D eigenvalue weighted by Crippen LogP contribution is 2.30. The zero-order valence-corrected chi connectivity index (χ0v) is 15.1. The number of hydrogen-bond acceptors (Lipinski definition) is 5. The molecule has 0 amide bonds. The number of hydrogen-bond donors (Lipinski definition) is 0. The van der Waals surface area contributed by atoms with Crippen molar-refractivity contribution >= 4 is 22.5 Å². The average molecular weight is 356 g/mol. The van der Waals surface area contributed by atoms with Crippen LogP contribution in [-0.2, 0) is 23.8 Å². The SMILES string of the molecule is COC(=O)C(=O)C[C@H](O[C@@H]1CCC[C@H](C)O1)c1ccc2ccccc2c1. The van der Waals surface area contributed by atoms with Gasteiger partial charge in [-0.05, 0) is 48.6 Å². The Morgan fingerprint density at radius 2 is 1.92 bits per heavy atom. The van der Waals surface area contributed by atoms with Gasteiger partial charge in [-0.1, -0.05) is 36.4 Å². The van der Waals surface area contributed by atoms with Gasteiger partial charge in [0.2, 0.25) is 5.78 Å². The molecular formula is C21H24O5. The molecular weight excluding hydrogens is 332 g/mol. The Morgan fingerprint density at radius 1 is 1.15 bits per heavy atom. The van der Waals surface area contributed by atoms with Crippen LogP contribution < -0.4 is 0 Å². The highest BCUT2D eigenvalue weighted by atomic mass is 16.7. The van der Waals surface area contributed by atoms with Gasteiger partial charge >= 0.3 is 5.97 Å². The largest absolute Gasteiger partial charge is 0.463 e. The van der Waals surface area contributed by atoms with E-state index in [-0.39, 0.29) is 18.8 Å². The molecule has 1 saturated heterocycles. The third kappa shape index (κ3) is 4.48. The second-order valence-electron chi connectivity index (χ2n) is 6.66. The molecule has 2 aromatic carbocycles.